The molecule has 6 nitrogen and oxygen atoms in total. The van der Waals surface area contributed by atoms with Gasteiger partial charge in [0.25, 0.3) is 0 Å². The fourth-order valence-electron chi connectivity index (χ4n) is 4.65. The van der Waals surface area contributed by atoms with Gasteiger partial charge in [0.05, 0.1) is 5.69 Å². The summed E-state index contributed by atoms with van der Waals surface area (Å²) in [6.07, 6.45) is 2.69. The molecule has 0 saturated carbocycles. The van der Waals surface area contributed by atoms with Crippen molar-refractivity contribution in [2.75, 3.05) is 26.2 Å². The second-order valence-corrected chi connectivity index (χ2v) is 8.30. The number of ether oxygens (including phenoxy) is 1. The summed E-state index contributed by atoms with van der Waals surface area (Å²) in [5.74, 6) is 1.33. The molecule has 1 N–H and O–H groups in total. The molecule has 3 fully saturated rings. The maximum atomic E-state index is 13.3. The lowest BCUT2D eigenvalue weighted by molar-refractivity contribution is -0.00346. The zero-order valence-electron chi connectivity index (χ0n) is 17.6. The molecule has 2 aromatic rings. The van der Waals surface area contributed by atoms with Crippen LogP contribution in [0.3, 0.4) is 0 Å². The molecule has 4 unspecified atom stereocenters. The fourth-order valence-corrected chi connectivity index (χ4v) is 4.65. The molecule has 3 aliphatic rings. The number of carbonyl (C=O) groups excluding carboxylic acids is 1. The summed E-state index contributed by atoms with van der Waals surface area (Å²) in [6, 6.07) is 8.76. The predicted octanol–water partition coefficient (Wildman–Crippen LogP) is 3.91. The number of benzene rings is 1. The molecule has 4 heterocycles. The Hall–Kier alpha value is -2.54. The van der Waals surface area contributed by atoms with Gasteiger partial charge in [-0.1, -0.05) is 6.92 Å². The van der Waals surface area contributed by atoms with Gasteiger partial charge >= 0.3 is 6.09 Å². The second-order valence-electron chi connectivity index (χ2n) is 8.30. The number of fused-ring (bicyclic) bond motifs is 3. The summed E-state index contributed by atoms with van der Waals surface area (Å²) >= 11 is 0. The van der Waals surface area contributed by atoms with Crippen molar-refractivity contribution in [2.24, 2.45) is 5.92 Å². The lowest BCUT2D eigenvalue weighted by Gasteiger charge is -2.49. The standard InChI is InChI=1S/C23H29FN4O2/c1-3-9-25-23(29)30-14-19-11-17-8-10-28(19)13-20(17)22-12-21(26-15(2)27-22)16-4-6-18(24)7-5-16/h4-7,12,17,19-20H,3,8-11,13-14H2,1-2H3,(H,25,29). The third-order valence-electron chi connectivity index (χ3n) is 6.18. The van der Waals surface area contributed by atoms with Crippen LogP contribution in [0.5, 0.6) is 0 Å². The minimum atomic E-state index is -0.327. The van der Waals surface area contributed by atoms with Crippen LogP contribution in [0.2, 0.25) is 0 Å². The van der Waals surface area contributed by atoms with Crippen molar-refractivity contribution in [2.45, 2.75) is 45.1 Å². The average Bonchev–Trinajstić information content (AvgIpc) is 2.76. The molecule has 0 spiro atoms. The molecule has 160 valence electrons. The third kappa shape index (κ3) is 4.61. The number of amides is 1. The number of rotatable bonds is 6. The van der Waals surface area contributed by atoms with E-state index >= 15 is 0 Å². The van der Waals surface area contributed by atoms with Crippen molar-refractivity contribution in [1.82, 2.24) is 20.2 Å². The molecular weight excluding hydrogens is 383 g/mol. The topological polar surface area (TPSA) is 67.3 Å². The van der Waals surface area contributed by atoms with Gasteiger partial charge in [0, 0.05) is 36.3 Å². The fraction of sp³-hybridized carbons (Fsp3) is 0.522. The zero-order valence-corrected chi connectivity index (χ0v) is 17.6. The highest BCUT2D eigenvalue weighted by molar-refractivity contribution is 5.67. The predicted molar refractivity (Wildman–Crippen MR) is 113 cm³/mol. The first-order valence-electron chi connectivity index (χ1n) is 10.8. The number of piperidine rings is 3. The summed E-state index contributed by atoms with van der Waals surface area (Å²) in [7, 11) is 0. The number of alkyl carbamates (subject to hydrolysis) is 1. The molecule has 7 heteroatoms. The third-order valence-corrected chi connectivity index (χ3v) is 6.18. The van der Waals surface area contributed by atoms with E-state index in [9.17, 15) is 9.18 Å². The van der Waals surface area contributed by atoms with Gasteiger partial charge in [-0.3, -0.25) is 4.90 Å². The quantitative estimate of drug-likeness (QED) is 0.779. The highest BCUT2D eigenvalue weighted by atomic mass is 19.1. The SMILES string of the molecule is CCCNC(=O)OCC1CC2CCN1CC2c1cc(-c2ccc(F)cc2)nc(C)n1. The Morgan fingerprint density at radius 2 is 2.10 bits per heavy atom. The first-order chi connectivity index (χ1) is 14.5. The number of nitrogens with one attached hydrogen (secondary N) is 1. The molecule has 5 rings (SSSR count). The van der Waals surface area contributed by atoms with Crippen LogP contribution < -0.4 is 5.32 Å². The maximum absolute atomic E-state index is 13.3. The molecule has 1 aromatic heterocycles. The van der Waals surface area contributed by atoms with Crippen LogP contribution in [0.25, 0.3) is 11.3 Å². The van der Waals surface area contributed by atoms with Crippen molar-refractivity contribution in [3.05, 3.63) is 47.7 Å². The number of aryl methyl sites for hydroxylation is 1. The van der Waals surface area contributed by atoms with Gasteiger partial charge in [-0.15, -0.1) is 0 Å². The van der Waals surface area contributed by atoms with Crippen LogP contribution in [0.15, 0.2) is 30.3 Å². The number of aromatic nitrogens is 2. The van der Waals surface area contributed by atoms with Crippen LogP contribution in [-0.4, -0.2) is 53.2 Å². The van der Waals surface area contributed by atoms with E-state index in [1.165, 1.54) is 12.1 Å². The second kappa shape index (κ2) is 9.08. The van der Waals surface area contributed by atoms with Gasteiger partial charge in [0.1, 0.15) is 18.2 Å². The van der Waals surface area contributed by atoms with Crippen LogP contribution in [0, 0.1) is 18.7 Å². The molecule has 3 aliphatic heterocycles. The average molecular weight is 413 g/mol. The van der Waals surface area contributed by atoms with E-state index in [0.29, 0.717) is 25.0 Å². The van der Waals surface area contributed by atoms with E-state index in [-0.39, 0.29) is 18.0 Å². The molecule has 2 bridgehead atoms. The van der Waals surface area contributed by atoms with Crippen molar-refractivity contribution in [1.29, 1.82) is 0 Å². The molecule has 1 aromatic carbocycles. The molecule has 0 aliphatic carbocycles. The van der Waals surface area contributed by atoms with Gasteiger partial charge in [-0.2, -0.15) is 0 Å². The van der Waals surface area contributed by atoms with Crippen molar-refractivity contribution in [3.8, 4) is 11.3 Å². The summed E-state index contributed by atoms with van der Waals surface area (Å²) in [4.78, 5) is 23.5. The van der Waals surface area contributed by atoms with Gasteiger partial charge < -0.3 is 10.1 Å². The van der Waals surface area contributed by atoms with Gasteiger partial charge in [0.2, 0.25) is 0 Å². The summed E-state index contributed by atoms with van der Waals surface area (Å²) in [5, 5.41) is 2.76. The van der Waals surface area contributed by atoms with E-state index in [1.807, 2.05) is 13.8 Å². The Kier molecular flexibility index (Phi) is 6.27. The zero-order chi connectivity index (χ0) is 21.1. The monoisotopic (exact) mass is 412 g/mol. The molecule has 30 heavy (non-hydrogen) atoms. The van der Waals surface area contributed by atoms with Crippen LogP contribution in [0.4, 0.5) is 9.18 Å². The van der Waals surface area contributed by atoms with E-state index in [1.54, 1.807) is 12.1 Å². The number of carbonyl (C=O) groups is 1. The highest BCUT2D eigenvalue weighted by Gasteiger charge is 2.41. The van der Waals surface area contributed by atoms with Crippen molar-refractivity contribution >= 4 is 6.09 Å². The Labute approximate surface area is 176 Å². The summed E-state index contributed by atoms with van der Waals surface area (Å²) in [6.45, 7) is 6.94. The molecule has 1 amide bonds. The van der Waals surface area contributed by atoms with Crippen molar-refractivity contribution < 1.29 is 13.9 Å². The summed E-state index contributed by atoms with van der Waals surface area (Å²) < 4.78 is 18.7. The van der Waals surface area contributed by atoms with Crippen molar-refractivity contribution in [3.63, 3.8) is 0 Å². The molecule has 3 saturated heterocycles. The number of nitrogens with zero attached hydrogens (tertiary/aromatic N) is 3. The summed E-state index contributed by atoms with van der Waals surface area (Å²) in [5.41, 5.74) is 2.78. The minimum absolute atomic E-state index is 0.251. The van der Waals surface area contributed by atoms with Gasteiger partial charge in [-0.25, -0.2) is 19.2 Å². The first-order valence-corrected chi connectivity index (χ1v) is 10.8. The Morgan fingerprint density at radius 3 is 2.80 bits per heavy atom. The largest absolute Gasteiger partial charge is 0.448 e. The van der Waals surface area contributed by atoms with Crippen LogP contribution >= 0.6 is 0 Å². The van der Waals surface area contributed by atoms with E-state index in [0.717, 1.165) is 55.1 Å². The molecule has 4 atom stereocenters. The molecular formula is C23H29FN4O2. The van der Waals surface area contributed by atoms with E-state index < -0.39 is 0 Å². The number of hydrogen-bond donors (Lipinski definition) is 1. The Morgan fingerprint density at radius 1 is 1.30 bits per heavy atom. The van der Waals surface area contributed by atoms with Crippen LogP contribution in [0.1, 0.15) is 43.6 Å². The lowest BCUT2D eigenvalue weighted by Crippen LogP contribution is -2.54. The first kappa shape index (κ1) is 20.7. The van der Waals surface area contributed by atoms with E-state index in [4.69, 9.17) is 9.72 Å². The minimum Gasteiger partial charge on any atom is -0.448 e. The Balaban J connectivity index is 1.45. The highest BCUT2D eigenvalue weighted by Crippen LogP contribution is 2.41. The smallest absolute Gasteiger partial charge is 0.407 e. The lowest BCUT2D eigenvalue weighted by atomic mass is 9.74. The normalized spacial score (nSPS) is 25.2. The number of hydrogen-bond acceptors (Lipinski definition) is 5. The van der Waals surface area contributed by atoms with Gasteiger partial charge in [0.15, 0.2) is 0 Å². The Bertz CT molecular complexity index is 889. The van der Waals surface area contributed by atoms with Crippen LogP contribution in [-0.2, 0) is 4.74 Å². The number of halogens is 1. The maximum Gasteiger partial charge on any atom is 0.407 e. The van der Waals surface area contributed by atoms with E-state index in [2.05, 4.69) is 21.3 Å². The molecule has 0 radical (unpaired) electrons. The van der Waals surface area contributed by atoms with Gasteiger partial charge in [-0.05, 0) is 69.0 Å².